The summed E-state index contributed by atoms with van der Waals surface area (Å²) in [6.45, 7) is 5.72. The summed E-state index contributed by atoms with van der Waals surface area (Å²) in [6, 6.07) is 19.8. The summed E-state index contributed by atoms with van der Waals surface area (Å²) < 4.78 is 9.01. The zero-order valence-corrected chi connectivity index (χ0v) is 18.2. The monoisotopic (exact) mass is 418 g/mol. The minimum absolute atomic E-state index is 0.231. The van der Waals surface area contributed by atoms with Gasteiger partial charge in [0.15, 0.2) is 4.80 Å². The van der Waals surface area contributed by atoms with Crippen molar-refractivity contribution in [2.45, 2.75) is 39.7 Å². The van der Waals surface area contributed by atoms with E-state index >= 15 is 0 Å². The van der Waals surface area contributed by atoms with Gasteiger partial charge in [0, 0.05) is 17.5 Å². The molecule has 0 bridgehead atoms. The number of nitrogens with zero attached hydrogens (tertiary/aromatic N) is 2. The highest BCUT2D eigenvalue weighted by Gasteiger charge is 2.11. The summed E-state index contributed by atoms with van der Waals surface area (Å²) in [6.07, 6.45) is 3.38. The highest BCUT2D eigenvalue weighted by atomic mass is 32.1. The number of hydrogen-bond donors (Lipinski definition) is 0. The standard InChI is InChI=1S/C25H26N2O2S/c1-3-5-8-17-29-20-14-11-19(12-15-20)24(28)26-25-27(4-2)22-16-13-18-9-6-7-10-21(18)23(22)30-25/h6-7,9-16H,3-5,8,17H2,1-2H3. The summed E-state index contributed by atoms with van der Waals surface area (Å²) >= 11 is 1.57. The molecule has 4 aromatic rings. The van der Waals surface area contributed by atoms with E-state index in [2.05, 4.69) is 47.7 Å². The molecule has 5 heteroatoms. The molecule has 0 fully saturated rings. The summed E-state index contributed by atoms with van der Waals surface area (Å²) in [5, 5.41) is 2.39. The molecule has 0 saturated heterocycles. The van der Waals surface area contributed by atoms with E-state index < -0.39 is 0 Å². The van der Waals surface area contributed by atoms with E-state index in [1.807, 2.05) is 24.3 Å². The van der Waals surface area contributed by atoms with E-state index in [0.717, 1.165) is 40.2 Å². The smallest absolute Gasteiger partial charge is 0.279 e. The van der Waals surface area contributed by atoms with Crippen molar-refractivity contribution in [1.29, 1.82) is 0 Å². The Morgan fingerprint density at radius 3 is 2.57 bits per heavy atom. The van der Waals surface area contributed by atoms with Gasteiger partial charge in [-0.2, -0.15) is 4.99 Å². The zero-order chi connectivity index (χ0) is 20.9. The topological polar surface area (TPSA) is 43.6 Å². The molecule has 0 aliphatic rings. The molecule has 0 saturated carbocycles. The Balaban J connectivity index is 1.64. The van der Waals surface area contributed by atoms with Crippen LogP contribution in [-0.2, 0) is 6.54 Å². The maximum absolute atomic E-state index is 12.8. The Bertz CT molecular complexity index is 1240. The number of carbonyl (C=O) groups excluding carboxylic acids is 1. The van der Waals surface area contributed by atoms with Crippen molar-refractivity contribution < 1.29 is 9.53 Å². The minimum atomic E-state index is -0.231. The van der Waals surface area contributed by atoms with Crippen molar-refractivity contribution in [3.05, 3.63) is 71.0 Å². The van der Waals surface area contributed by atoms with Gasteiger partial charge in [0.2, 0.25) is 0 Å². The lowest BCUT2D eigenvalue weighted by molar-refractivity contribution is 0.0998. The number of benzene rings is 3. The number of aromatic nitrogens is 1. The van der Waals surface area contributed by atoms with Crippen LogP contribution in [-0.4, -0.2) is 17.1 Å². The van der Waals surface area contributed by atoms with Crippen molar-refractivity contribution in [3.8, 4) is 5.75 Å². The van der Waals surface area contributed by atoms with E-state index in [0.29, 0.717) is 12.2 Å². The fraction of sp³-hybridized carbons (Fsp3) is 0.280. The molecule has 1 aromatic heterocycles. The zero-order valence-electron chi connectivity index (χ0n) is 17.4. The van der Waals surface area contributed by atoms with Crippen LogP contribution in [0, 0.1) is 0 Å². The third kappa shape index (κ3) is 4.17. The van der Waals surface area contributed by atoms with Gasteiger partial charge >= 0.3 is 0 Å². The molecule has 0 radical (unpaired) electrons. The van der Waals surface area contributed by atoms with Gasteiger partial charge in [-0.1, -0.05) is 61.4 Å². The Kier molecular flexibility index (Phi) is 6.29. The van der Waals surface area contributed by atoms with Gasteiger partial charge in [-0.3, -0.25) is 4.79 Å². The van der Waals surface area contributed by atoms with Crippen LogP contribution >= 0.6 is 11.3 Å². The van der Waals surface area contributed by atoms with Crippen LogP contribution in [0.4, 0.5) is 0 Å². The molecular weight excluding hydrogens is 392 g/mol. The lowest BCUT2D eigenvalue weighted by Crippen LogP contribution is -2.15. The number of ether oxygens (including phenoxy) is 1. The van der Waals surface area contributed by atoms with E-state index in [1.54, 1.807) is 23.5 Å². The largest absolute Gasteiger partial charge is 0.494 e. The molecule has 3 aromatic carbocycles. The first kappa shape index (κ1) is 20.4. The molecule has 0 aliphatic carbocycles. The lowest BCUT2D eigenvalue weighted by Gasteiger charge is -2.05. The summed E-state index contributed by atoms with van der Waals surface area (Å²) in [5.41, 5.74) is 1.68. The van der Waals surface area contributed by atoms with Crippen LogP contribution < -0.4 is 9.54 Å². The van der Waals surface area contributed by atoms with E-state index in [1.165, 1.54) is 17.2 Å². The summed E-state index contributed by atoms with van der Waals surface area (Å²) in [7, 11) is 0. The molecule has 4 rings (SSSR count). The predicted octanol–water partition coefficient (Wildman–Crippen LogP) is 6.19. The number of rotatable bonds is 7. The van der Waals surface area contributed by atoms with Gasteiger partial charge in [0.25, 0.3) is 5.91 Å². The van der Waals surface area contributed by atoms with E-state index in [4.69, 9.17) is 4.74 Å². The normalized spacial score (nSPS) is 12.0. The highest BCUT2D eigenvalue weighted by molar-refractivity contribution is 7.17. The third-order valence-corrected chi connectivity index (χ3v) is 6.33. The van der Waals surface area contributed by atoms with Crippen LogP contribution in [0.5, 0.6) is 5.75 Å². The molecule has 0 atom stereocenters. The van der Waals surface area contributed by atoms with Gasteiger partial charge in [-0.15, -0.1) is 0 Å². The molecule has 154 valence electrons. The van der Waals surface area contributed by atoms with Gasteiger partial charge < -0.3 is 9.30 Å². The second-order valence-electron chi connectivity index (χ2n) is 7.26. The molecule has 1 amide bonds. The maximum atomic E-state index is 12.8. The van der Waals surface area contributed by atoms with Gasteiger partial charge in [-0.05, 0) is 49.1 Å². The fourth-order valence-electron chi connectivity index (χ4n) is 3.58. The quantitative estimate of drug-likeness (QED) is 0.336. The first-order chi connectivity index (χ1) is 14.7. The van der Waals surface area contributed by atoms with E-state index in [-0.39, 0.29) is 5.91 Å². The van der Waals surface area contributed by atoms with Crippen LogP contribution in [0.1, 0.15) is 43.5 Å². The van der Waals surface area contributed by atoms with Gasteiger partial charge in [0.05, 0.1) is 16.8 Å². The number of thiazole rings is 1. The van der Waals surface area contributed by atoms with Crippen molar-refractivity contribution in [3.63, 3.8) is 0 Å². The first-order valence-electron chi connectivity index (χ1n) is 10.5. The van der Waals surface area contributed by atoms with E-state index in [9.17, 15) is 4.79 Å². The lowest BCUT2D eigenvalue weighted by atomic mass is 10.1. The average Bonchev–Trinajstić information content (AvgIpc) is 3.14. The Morgan fingerprint density at radius 1 is 1.00 bits per heavy atom. The second-order valence-corrected chi connectivity index (χ2v) is 8.24. The van der Waals surface area contributed by atoms with Crippen molar-refractivity contribution in [2.75, 3.05) is 6.61 Å². The molecule has 0 N–H and O–H groups in total. The van der Waals surface area contributed by atoms with Crippen LogP contribution in [0.3, 0.4) is 0 Å². The first-order valence-corrected chi connectivity index (χ1v) is 11.4. The summed E-state index contributed by atoms with van der Waals surface area (Å²) in [4.78, 5) is 18.0. The van der Waals surface area contributed by atoms with Crippen molar-refractivity contribution >= 4 is 38.2 Å². The summed E-state index contributed by atoms with van der Waals surface area (Å²) in [5.74, 6) is 0.560. The SMILES string of the molecule is CCCCCOc1ccc(C(=O)N=c2sc3c4ccccc4ccc3n2CC)cc1. The van der Waals surface area contributed by atoms with Crippen LogP contribution in [0.2, 0.25) is 0 Å². The molecular formula is C25H26N2O2S. The Morgan fingerprint density at radius 2 is 1.80 bits per heavy atom. The molecule has 30 heavy (non-hydrogen) atoms. The molecule has 0 unspecified atom stereocenters. The highest BCUT2D eigenvalue weighted by Crippen LogP contribution is 2.27. The molecule has 1 heterocycles. The molecule has 0 spiro atoms. The number of aryl methyl sites for hydroxylation is 1. The number of hydrogen-bond acceptors (Lipinski definition) is 3. The average molecular weight is 419 g/mol. The van der Waals surface area contributed by atoms with Crippen LogP contribution in [0.25, 0.3) is 21.0 Å². The maximum Gasteiger partial charge on any atom is 0.279 e. The number of amides is 1. The second kappa shape index (κ2) is 9.26. The number of fused-ring (bicyclic) bond motifs is 3. The number of unbranched alkanes of at least 4 members (excludes halogenated alkanes) is 2. The van der Waals surface area contributed by atoms with Gasteiger partial charge in [0.1, 0.15) is 5.75 Å². The predicted molar refractivity (Wildman–Crippen MR) is 124 cm³/mol. The number of carbonyl (C=O) groups is 1. The van der Waals surface area contributed by atoms with Crippen molar-refractivity contribution in [2.24, 2.45) is 4.99 Å². The van der Waals surface area contributed by atoms with Gasteiger partial charge in [-0.25, -0.2) is 0 Å². The van der Waals surface area contributed by atoms with Crippen LogP contribution in [0.15, 0.2) is 65.7 Å². The fourth-order valence-corrected chi connectivity index (χ4v) is 4.80. The Hall–Kier alpha value is -2.92. The molecule has 4 nitrogen and oxygen atoms in total. The Labute approximate surface area is 180 Å². The minimum Gasteiger partial charge on any atom is -0.494 e. The third-order valence-electron chi connectivity index (χ3n) is 5.21. The van der Waals surface area contributed by atoms with Crippen molar-refractivity contribution in [1.82, 2.24) is 4.57 Å². The molecule has 0 aliphatic heterocycles.